The van der Waals surface area contributed by atoms with E-state index in [1.54, 1.807) is 22.9 Å². The van der Waals surface area contributed by atoms with Crippen LogP contribution in [0.15, 0.2) is 59.5 Å². The fourth-order valence-electron chi connectivity index (χ4n) is 3.03. The summed E-state index contributed by atoms with van der Waals surface area (Å²) in [4.78, 5) is 26.1. The Labute approximate surface area is 141 Å². The second-order valence-corrected chi connectivity index (χ2v) is 6.13. The van der Waals surface area contributed by atoms with E-state index in [2.05, 4.69) is 0 Å². The normalized spacial score (nSPS) is 20.8. The topological polar surface area (TPSA) is 51.5 Å². The largest absolute Gasteiger partial charge is 0.367 e. The molecule has 1 amide bonds. The summed E-state index contributed by atoms with van der Waals surface area (Å²) in [5, 5.41) is 0. The number of carbonyl (C=O) groups excluding carboxylic acids is 1. The molecule has 0 N–H and O–H groups in total. The highest BCUT2D eigenvalue weighted by molar-refractivity contribution is 5.76. The predicted octanol–water partition coefficient (Wildman–Crippen LogP) is 2.23. The lowest BCUT2D eigenvalue weighted by atomic mass is 10.1. The van der Waals surface area contributed by atoms with E-state index >= 15 is 0 Å². The molecule has 2 heterocycles. The molecule has 126 valence electrons. The molecule has 5 nitrogen and oxygen atoms in total. The van der Waals surface area contributed by atoms with Gasteiger partial charge in [0.05, 0.1) is 12.6 Å². The van der Waals surface area contributed by atoms with E-state index < -0.39 is 0 Å². The number of amides is 1. The molecule has 3 rings (SSSR count). The molecule has 2 unspecified atom stereocenters. The van der Waals surface area contributed by atoms with Crippen LogP contribution in [0.3, 0.4) is 0 Å². The smallest absolute Gasteiger partial charge is 0.250 e. The molecule has 1 aromatic carbocycles. The highest BCUT2D eigenvalue weighted by Gasteiger charge is 2.29. The molecule has 0 bridgehead atoms. The van der Waals surface area contributed by atoms with Crippen molar-refractivity contribution in [2.75, 3.05) is 13.1 Å². The van der Waals surface area contributed by atoms with Crippen LogP contribution >= 0.6 is 0 Å². The highest BCUT2D eigenvalue weighted by atomic mass is 16.5. The van der Waals surface area contributed by atoms with Crippen LogP contribution in [-0.2, 0) is 16.1 Å². The first-order valence-corrected chi connectivity index (χ1v) is 8.27. The van der Waals surface area contributed by atoms with Crippen LogP contribution < -0.4 is 5.56 Å². The van der Waals surface area contributed by atoms with Crippen molar-refractivity contribution in [1.82, 2.24) is 9.47 Å². The average Bonchev–Trinajstić information content (AvgIpc) is 2.61. The minimum atomic E-state index is -0.0988. The molecular formula is C19H22N2O3. The lowest BCUT2D eigenvalue weighted by Gasteiger charge is -2.37. The van der Waals surface area contributed by atoms with Gasteiger partial charge in [0.1, 0.15) is 6.10 Å². The Morgan fingerprint density at radius 2 is 1.88 bits per heavy atom. The summed E-state index contributed by atoms with van der Waals surface area (Å²) in [5.41, 5.74) is 1.00. The minimum absolute atomic E-state index is 0.00708. The van der Waals surface area contributed by atoms with Gasteiger partial charge in [0.15, 0.2) is 0 Å². The second kappa shape index (κ2) is 7.45. The lowest BCUT2D eigenvalue weighted by Crippen LogP contribution is -2.46. The van der Waals surface area contributed by atoms with E-state index in [4.69, 9.17) is 4.74 Å². The molecule has 1 aromatic heterocycles. The van der Waals surface area contributed by atoms with Crippen LogP contribution in [0, 0.1) is 0 Å². The third kappa shape index (κ3) is 3.92. The number of aromatic nitrogens is 1. The summed E-state index contributed by atoms with van der Waals surface area (Å²) in [5.74, 6) is 0.0573. The van der Waals surface area contributed by atoms with Gasteiger partial charge in [-0.15, -0.1) is 0 Å². The van der Waals surface area contributed by atoms with Crippen LogP contribution in [0.1, 0.15) is 25.0 Å². The lowest BCUT2D eigenvalue weighted by molar-refractivity contribution is -0.145. The molecule has 0 saturated carbocycles. The van der Waals surface area contributed by atoms with Gasteiger partial charge in [0.2, 0.25) is 5.91 Å². The van der Waals surface area contributed by atoms with Crippen molar-refractivity contribution in [1.29, 1.82) is 0 Å². The SMILES string of the molecule is CC1CN(C(=O)CCn2ccccc2=O)CC(c2ccccc2)O1. The molecule has 1 aliphatic rings. The number of benzene rings is 1. The molecule has 2 aromatic rings. The molecular weight excluding hydrogens is 304 g/mol. The predicted molar refractivity (Wildman–Crippen MR) is 91.6 cm³/mol. The van der Waals surface area contributed by atoms with Crippen molar-refractivity contribution in [3.05, 3.63) is 70.6 Å². The Kier molecular flexibility index (Phi) is 5.11. The summed E-state index contributed by atoms with van der Waals surface area (Å²) in [6.07, 6.45) is 1.92. The number of morpholine rings is 1. The van der Waals surface area contributed by atoms with Crippen molar-refractivity contribution in [2.45, 2.75) is 32.1 Å². The molecule has 1 fully saturated rings. The zero-order chi connectivity index (χ0) is 16.9. The highest BCUT2D eigenvalue weighted by Crippen LogP contribution is 2.25. The number of hydrogen-bond acceptors (Lipinski definition) is 3. The maximum absolute atomic E-state index is 12.6. The first-order chi connectivity index (χ1) is 11.6. The summed E-state index contributed by atoms with van der Waals surface area (Å²) in [7, 11) is 0. The van der Waals surface area contributed by atoms with Gasteiger partial charge < -0.3 is 14.2 Å². The fraction of sp³-hybridized carbons (Fsp3) is 0.368. The van der Waals surface area contributed by atoms with Crippen LogP contribution in [0.5, 0.6) is 0 Å². The van der Waals surface area contributed by atoms with Crippen LogP contribution in [0.2, 0.25) is 0 Å². The van der Waals surface area contributed by atoms with Gasteiger partial charge in [-0.1, -0.05) is 36.4 Å². The zero-order valence-electron chi connectivity index (χ0n) is 13.8. The number of ether oxygens (including phenoxy) is 1. The van der Waals surface area contributed by atoms with Crippen molar-refractivity contribution in [2.24, 2.45) is 0 Å². The molecule has 0 radical (unpaired) electrons. The van der Waals surface area contributed by atoms with Gasteiger partial charge >= 0.3 is 0 Å². The average molecular weight is 326 g/mol. The first kappa shape index (κ1) is 16.5. The summed E-state index contributed by atoms with van der Waals surface area (Å²) >= 11 is 0. The monoisotopic (exact) mass is 326 g/mol. The number of rotatable bonds is 4. The third-order valence-electron chi connectivity index (χ3n) is 4.25. The molecule has 1 aliphatic heterocycles. The second-order valence-electron chi connectivity index (χ2n) is 6.13. The van der Waals surface area contributed by atoms with Gasteiger partial charge in [-0.3, -0.25) is 9.59 Å². The van der Waals surface area contributed by atoms with Gasteiger partial charge in [-0.05, 0) is 18.6 Å². The number of nitrogens with zero attached hydrogens (tertiary/aromatic N) is 2. The van der Waals surface area contributed by atoms with Gasteiger partial charge in [0.25, 0.3) is 5.56 Å². The Hall–Kier alpha value is -2.40. The summed E-state index contributed by atoms with van der Waals surface area (Å²) in [6, 6.07) is 15.0. The van der Waals surface area contributed by atoms with Crippen LogP contribution in [0.25, 0.3) is 0 Å². The molecule has 0 spiro atoms. The maximum Gasteiger partial charge on any atom is 0.250 e. The van der Waals surface area contributed by atoms with Crippen LogP contribution in [-0.4, -0.2) is 34.6 Å². The molecule has 1 saturated heterocycles. The Bertz CT molecular complexity index is 742. The molecule has 2 atom stereocenters. The molecule has 5 heteroatoms. The van der Waals surface area contributed by atoms with E-state index in [0.29, 0.717) is 26.1 Å². The number of hydrogen-bond donors (Lipinski definition) is 0. The van der Waals surface area contributed by atoms with Crippen LogP contribution in [0.4, 0.5) is 0 Å². The standard InChI is InChI=1S/C19H22N2O3/c1-15-13-21(14-17(24-15)16-7-3-2-4-8-16)19(23)10-12-20-11-6-5-9-18(20)22/h2-9,11,15,17H,10,12-14H2,1H3. The minimum Gasteiger partial charge on any atom is -0.367 e. The number of pyridine rings is 1. The van der Waals surface area contributed by atoms with E-state index in [-0.39, 0.29) is 23.7 Å². The fourth-order valence-corrected chi connectivity index (χ4v) is 3.03. The van der Waals surface area contributed by atoms with E-state index in [1.165, 1.54) is 6.07 Å². The van der Waals surface area contributed by atoms with Gasteiger partial charge in [-0.25, -0.2) is 0 Å². The third-order valence-corrected chi connectivity index (χ3v) is 4.25. The van der Waals surface area contributed by atoms with Crippen molar-refractivity contribution >= 4 is 5.91 Å². The van der Waals surface area contributed by atoms with Crippen molar-refractivity contribution < 1.29 is 9.53 Å². The first-order valence-electron chi connectivity index (χ1n) is 8.27. The number of aryl methyl sites for hydroxylation is 1. The van der Waals surface area contributed by atoms with Crippen molar-refractivity contribution in [3.63, 3.8) is 0 Å². The van der Waals surface area contributed by atoms with E-state index in [0.717, 1.165) is 5.56 Å². The quantitative estimate of drug-likeness (QED) is 0.866. The Balaban J connectivity index is 1.64. The summed E-state index contributed by atoms with van der Waals surface area (Å²) < 4.78 is 7.55. The zero-order valence-corrected chi connectivity index (χ0v) is 13.8. The Morgan fingerprint density at radius 3 is 2.62 bits per heavy atom. The number of carbonyl (C=O) groups is 1. The maximum atomic E-state index is 12.6. The van der Waals surface area contributed by atoms with Gasteiger partial charge in [0, 0.05) is 31.8 Å². The molecule has 24 heavy (non-hydrogen) atoms. The van der Waals surface area contributed by atoms with Gasteiger partial charge in [-0.2, -0.15) is 0 Å². The molecule has 0 aliphatic carbocycles. The van der Waals surface area contributed by atoms with E-state index in [9.17, 15) is 9.59 Å². The van der Waals surface area contributed by atoms with E-state index in [1.807, 2.05) is 42.2 Å². The van der Waals surface area contributed by atoms with Crippen molar-refractivity contribution in [3.8, 4) is 0 Å². The Morgan fingerprint density at radius 1 is 1.12 bits per heavy atom. The summed E-state index contributed by atoms with van der Waals surface area (Å²) in [6.45, 7) is 3.53.